The zero-order valence-electron chi connectivity index (χ0n) is 9.79. The van der Waals surface area contributed by atoms with Crippen molar-refractivity contribution in [1.29, 1.82) is 0 Å². The molecule has 1 fully saturated rings. The van der Waals surface area contributed by atoms with Gasteiger partial charge in [0.2, 0.25) is 0 Å². The third kappa shape index (κ3) is 7.50. The molecule has 0 aromatic carbocycles. The Morgan fingerprint density at radius 3 is 2.93 bits per heavy atom. The van der Waals surface area contributed by atoms with Gasteiger partial charge in [0.05, 0.1) is 5.60 Å². The van der Waals surface area contributed by atoms with Gasteiger partial charge in [0.1, 0.15) is 0 Å². The number of hydrogen-bond donors (Lipinski definition) is 2. The first-order valence-corrected chi connectivity index (χ1v) is 8.00. The van der Waals surface area contributed by atoms with Gasteiger partial charge >= 0.3 is 0 Å². The average Bonchev–Trinajstić information content (AvgIpc) is 2.17. The topological polar surface area (TPSA) is 32.3 Å². The van der Waals surface area contributed by atoms with Crippen LogP contribution < -0.4 is 5.32 Å². The Bertz CT molecular complexity index is 164. The molecule has 0 spiro atoms. The number of hydrogen-bond acceptors (Lipinski definition) is 4. The Morgan fingerprint density at radius 1 is 1.53 bits per heavy atom. The summed E-state index contributed by atoms with van der Waals surface area (Å²) < 4.78 is 0. The van der Waals surface area contributed by atoms with Crippen LogP contribution in [0.25, 0.3) is 0 Å². The Balaban J connectivity index is 1.92. The van der Waals surface area contributed by atoms with Crippen LogP contribution in [0.15, 0.2) is 0 Å². The summed E-state index contributed by atoms with van der Waals surface area (Å²) >= 11 is 3.89. The summed E-state index contributed by atoms with van der Waals surface area (Å²) in [6.07, 6.45) is 2.70. The fraction of sp³-hybridized carbons (Fsp3) is 1.00. The Kier molecular flexibility index (Phi) is 6.43. The van der Waals surface area contributed by atoms with Gasteiger partial charge in [0.25, 0.3) is 0 Å². The number of nitrogens with one attached hydrogen (secondary N) is 1. The van der Waals surface area contributed by atoms with E-state index in [0.29, 0.717) is 0 Å². The third-order valence-electron chi connectivity index (χ3n) is 2.29. The first kappa shape index (κ1) is 13.7. The summed E-state index contributed by atoms with van der Waals surface area (Å²) in [5.41, 5.74) is -0.522. The van der Waals surface area contributed by atoms with Crippen molar-refractivity contribution in [3.05, 3.63) is 0 Å². The van der Waals surface area contributed by atoms with Gasteiger partial charge < -0.3 is 10.4 Å². The van der Waals surface area contributed by atoms with E-state index in [9.17, 15) is 5.11 Å². The van der Waals surface area contributed by atoms with Crippen molar-refractivity contribution < 1.29 is 5.11 Å². The van der Waals surface area contributed by atoms with Crippen LogP contribution in [-0.4, -0.2) is 46.3 Å². The van der Waals surface area contributed by atoms with Crippen LogP contribution in [0.4, 0.5) is 0 Å². The third-order valence-corrected chi connectivity index (χ3v) is 4.91. The fourth-order valence-electron chi connectivity index (χ4n) is 1.56. The predicted octanol–water partition coefficient (Wildman–Crippen LogP) is 1.98. The fourth-order valence-corrected chi connectivity index (χ4v) is 3.57. The van der Waals surface area contributed by atoms with Gasteiger partial charge in [-0.1, -0.05) is 0 Å². The van der Waals surface area contributed by atoms with Crippen molar-refractivity contribution in [1.82, 2.24) is 5.32 Å². The molecule has 0 bridgehead atoms. The maximum Gasteiger partial charge on any atom is 0.0681 e. The lowest BCUT2D eigenvalue weighted by atomic mass is 10.2. The molecule has 1 saturated heterocycles. The molecule has 2 N–H and O–H groups in total. The summed E-state index contributed by atoms with van der Waals surface area (Å²) in [5.74, 6) is 4.54. The number of aliphatic hydroxyl groups is 1. The van der Waals surface area contributed by atoms with E-state index in [2.05, 4.69) is 17.1 Å². The summed E-state index contributed by atoms with van der Waals surface area (Å²) in [6, 6.07) is 0.728. The van der Waals surface area contributed by atoms with Crippen molar-refractivity contribution in [2.75, 3.05) is 29.6 Å². The van der Waals surface area contributed by atoms with Gasteiger partial charge in [-0.2, -0.15) is 23.5 Å². The highest BCUT2D eigenvalue weighted by atomic mass is 32.2. The summed E-state index contributed by atoms with van der Waals surface area (Å²) in [7, 11) is 0. The molecular weight excluding hydrogens is 226 g/mol. The lowest BCUT2D eigenvalue weighted by molar-refractivity contribution is 0.107. The lowest BCUT2D eigenvalue weighted by Crippen LogP contribution is -2.35. The molecule has 1 unspecified atom stereocenters. The van der Waals surface area contributed by atoms with Crippen molar-refractivity contribution in [3.8, 4) is 0 Å². The van der Waals surface area contributed by atoms with E-state index in [1.54, 1.807) is 0 Å². The van der Waals surface area contributed by atoms with Crippen LogP contribution in [-0.2, 0) is 0 Å². The molecule has 0 aromatic heterocycles. The second kappa shape index (κ2) is 7.05. The minimum atomic E-state index is -0.522. The van der Waals surface area contributed by atoms with Gasteiger partial charge in [-0.05, 0) is 32.4 Å². The van der Waals surface area contributed by atoms with Gasteiger partial charge in [-0.3, -0.25) is 0 Å². The zero-order valence-corrected chi connectivity index (χ0v) is 11.4. The minimum Gasteiger partial charge on any atom is -0.390 e. The Labute approximate surface area is 102 Å². The molecule has 1 rings (SSSR count). The summed E-state index contributed by atoms with van der Waals surface area (Å²) in [5, 5.41) is 13.1. The highest BCUT2D eigenvalue weighted by Crippen LogP contribution is 2.17. The van der Waals surface area contributed by atoms with Crippen LogP contribution in [0.3, 0.4) is 0 Å². The second-order valence-corrected chi connectivity index (χ2v) is 6.99. The standard InChI is InChI=1S/C11H23NOS2/c1-11(2,13)9-15-7-5-12-10-4-3-6-14-8-10/h10,12-13H,3-9H2,1-2H3. The Morgan fingerprint density at radius 2 is 2.33 bits per heavy atom. The molecule has 0 radical (unpaired) electrons. The normalized spacial score (nSPS) is 23.0. The maximum atomic E-state index is 9.52. The highest BCUT2D eigenvalue weighted by Gasteiger charge is 2.13. The summed E-state index contributed by atoms with van der Waals surface area (Å²) in [6.45, 7) is 4.81. The molecule has 0 aromatic rings. The molecule has 1 atom stereocenters. The van der Waals surface area contributed by atoms with E-state index in [-0.39, 0.29) is 0 Å². The van der Waals surface area contributed by atoms with E-state index in [4.69, 9.17) is 0 Å². The highest BCUT2D eigenvalue weighted by molar-refractivity contribution is 7.99. The monoisotopic (exact) mass is 249 g/mol. The molecule has 90 valence electrons. The van der Waals surface area contributed by atoms with Crippen molar-refractivity contribution >= 4 is 23.5 Å². The van der Waals surface area contributed by atoms with Gasteiger partial charge in [0.15, 0.2) is 0 Å². The smallest absolute Gasteiger partial charge is 0.0681 e. The predicted molar refractivity (Wildman–Crippen MR) is 72.0 cm³/mol. The molecule has 1 aliphatic rings. The van der Waals surface area contributed by atoms with Crippen molar-refractivity contribution in [3.63, 3.8) is 0 Å². The largest absolute Gasteiger partial charge is 0.390 e. The van der Waals surface area contributed by atoms with Crippen LogP contribution in [0, 0.1) is 0 Å². The molecule has 4 heteroatoms. The molecule has 2 nitrogen and oxygen atoms in total. The van der Waals surface area contributed by atoms with E-state index >= 15 is 0 Å². The molecule has 0 aliphatic carbocycles. The first-order valence-electron chi connectivity index (χ1n) is 5.69. The molecular formula is C11H23NOS2. The molecule has 1 aliphatic heterocycles. The van der Waals surface area contributed by atoms with Gasteiger partial charge in [-0.25, -0.2) is 0 Å². The summed E-state index contributed by atoms with van der Waals surface area (Å²) in [4.78, 5) is 0. The zero-order chi connectivity index (χ0) is 11.1. The van der Waals surface area contributed by atoms with E-state index < -0.39 is 5.60 Å². The molecule has 0 amide bonds. The Hall–Kier alpha value is 0.620. The SMILES string of the molecule is CC(C)(O)CSCCNC1CCCSC1. The van der Waals surface area contributed by atoms with Crippen LogP contribution in [0.2, 0.25) is 0 Å². The van der Waals surface area contributed by atoms with E-state index in [1.165, 1.54) is 24.3 Å². The van der Waals surface area contributed by atoms with Crippen LogP contribution >= 0.6 is 23.5 Å². The van der Waals surface area contributed by atoms with Crippen molar-refractivity contribution in [2.45, 2.75) is 38.3 Å². The van der Waals surface area contributed by atoms with Crippen LogP contribution in [0.5, 0.6) is 0 Å². The van der Waals surface area contributed by atoms with E-state index in [0.717, 1.165) is 24.1 Å². The second-order valence-electron chi connectivity index (χ2n) is 4.73. The number of thioether (sulfide) groups is 2. The van der Waals surface area contributed by atoms with Crippen LogP contribution in [0.1, 0.15) is 26.7 Å². The number of rotatable bonds is 6. The quantitative estimate of drug-likeness (QED) is 0.705. The van der Waals surface area contributed by atoms with Gasteiger partial charge in [-0.15, -0.1) is 0 Å². The lowest BCUT2D eigenvalue weighted by Gasteiger charge is -2.22. The maximum absolute atomic E-state index is 9.52. The molecule has 0 saturated carbocycles. The minimum absolute atomic E-state index is 0.522. The van der Waals surface area contributed by atoms with Crippen molar-refractivity contribution in [2.24, 2.45) is 0 Å². The van der Waals surface area contributed by atoms with Gasteiger partial charge in [0, 0.05) is 29.8 Å². The first-order chi connectivity index (χ1) is 7.08. The van der Waals surface area contributed by atoms with E-state index in [1.807, 2.05) is 25.6 Å². The average molecular weight is 249 g/mol. The molecule has 15 heavy (non-hydrogen) atoms. The molecule has 1 heterocycles.